The minimum absolute atomic E-state index is 0.0508. The summed E-state index contributed by atoms with van der Waals surface area (Å²) in [5, 5.41) is 0. The van der Waals surface area contributed by atoms with Gasteiger partial charge in [0.05, 0.1) is 7.11 Å². The van der Waals surface area contributed by atoms with Gasteiger partial charge in [0.25, 0.3) is 0 Å². The number of nitrogens with zero attached hydrogens (tertiary/aromatic N) is 2. The lowest BCUT2D eigenvalue weighted by Crippen LogP contribution is -2.17. The van der Waals surface area contributed by atoms with E-state index in [9.17, 15) is 18.0 Å². The maximum Gasteiger partial charge on any atom is 0.573 e. The summed E-state index contributed by atoms with van der Waals surface area (Å²) < 4.78 is 53.0. The zero-order valence-electron chi connectivity index (χ0n) is 14.0. The van der Waals surface area contributed by atoms with Crippen LogP contribution in [0.2, 0.25) is 0 Å². The number of ether oxygens (including phenoxy) is 3. The molecule has 0 aliphatic carbocycles. The fraction of sp³-hybridized carbons (Fsp3) is 0.375. The molecule has 1 aromatic heterocycles. The van der Waals surface area contributed by atoms with E-state index in [1.54, 1.807) is 0 Å². The van der Waals surface area contributed by atoms with Crippen LogP contribution in [0.5, 0.6) is 17.5 Å². The third-order valence-corrected chi connectivity index (χ3v) is 3.81. The van der Waals surface area contributed by atoms with Crippen LogP contribution in [0.25, 0.3) is 0 Å². The van der Waals surface area contributed by atoms with Crippen LogP contribution < -0.4 is 9.47 Å². The Kier molecular flexibility index (Phi) is 6.52. The van der Waals surface area contributed by atoms with E-state index < -0.39 is 18.1 Å². The quantitative estimate of drug-likeness (QED) is 0.576. The van der Waals surface area contributed by atoms with Crippen molar-refractivity contribution < 1.29 is 32.2 Å². The monoisotopic (exact) mass is 436 g/mol. The molecule has 1 aromatic carbocycles. The number of carbonyl (C=O) groups excluding carboxylic acids is 1. The number of carbonyl (C=O) groups is 1. The molecule has 26 heavy (non-hydrogen) atoms. The summed E-state index contributed by atoms with van der Waals surface area (Å²) in [6.07, 6.45) is -3.22. The first-order valence-corrected chi connectivity index (χ1v) is 8.42. The smallest absolute Gasteiger partial charge is 0.464 e. The van der Waals surface area contributed by atoms with Gasteiger partial charge in [0.1, 0.15) is 16.1 Å². The van der Waals surface area contributed by atoms with Crippen LogP contribution >= 0.6 is 15.9 Å². The predicted octanol–water partition coefficient (Wildman–Crippen LogP) is 4.92. The number of halogens is 4. The van der Waals surface area contributed by atoms with Crippen LogP contribution in [0, 0.1) is 0 Å². The van der Waals surface area contributed by atoms with Crippen LogP contribution in [0.15, 0.2) is 28.9 Å². The zero-order chi connectivity index (χ0) is 19.3. The van der Waals surface area contributed by atoms with Crippen molar-refractivity contribution >= 4 is 21.9 Å². The summed E-state index contributed by atoms with van der Waals surface area (Å²) in [7, 11) is 1.24. The molecule has 6 nitrogen and oxygen atoms in total. The van der Waals surface area contributed by atoms with E-state index in [1.807, 2.05) is 6.92 Å². The second-order valence-corrected chi connectivity index (χ2v) is 5.91. The van der Waals surface area contributed by atoms with Crippen molar-refractivity contribution in [2.24, 2.45) is 0 Å². The standard InChI is InChI=1S/C16H16BrF3N2O4/c1-3-4-8-22-12(14(23)24-2)13(17)21-15(22)25-10-6-5-7-11(9-10)26-16(18,19)20/h5-7,9H,3-4,8H2,1-2H3. The number of esters is 1. The normalized spacial score (nSPS) is 11.3. The highest BCUT2D eigenvalue weighted by molar-refractivity contribution is 9.10. The van der Waals surface area contributed by atoms with Crippen LogP contribution in [0.3, 0.4) is 0 Å². The van der Waals surface area contributed by atoms with Crippen molar-refractivity contribution in [2.45, 2.75) is 32.7 Å². The van der Waals surface area contributed by atoms with Crippen LogP contribution in [0.4, 0.5) is 13.2 Å². The molecule has 0 aliphatic heterocycles. The average molecular weight is 437 g/mol. The number of methoxy groups -OCH3 is 1. The van der Waals surface area contributed by atoms with Crippen LogP contribution in [-0.2, 0) is 11.3 Å². The molecule has 0 saturated heterocycles. The van der Waals surface area contributed by atoms with Gasteiger partial charge in [-0.15, -0.1) is 13.2 Å². The topological polar surface area (TPSA) is 62.6 Å². The number of hydrogen-bond donors (Lipinski definition) is 0. The van der Waals surface area contributed by atoms with Crippen molar-refractivity contribution in [2.75, 3.05) is 7.11 Å². The van der Waals surface area contributed by atoms with Crippen molar-refractivity contribution in [1.29, 1.82) is 0 Å². The molecule has 10 heteroatoms. The maximum absolute atomic E-state index is 12.4. The Morgan fingerprint density at radius 2 is 2.00 bits per heavy atom. The number of alkyl halides is 3. The van der Waals surface area contributed by atoms with Gasteiger partial charge < -0.3 is 14.2 Å². The molecule has 1 heterocycles. The highest BCUT2D eigenvalue weighted by Gasteiger charge is 2.31. The van der Waals surface area contributed by atoms with Crippen LogP contribution in [0.1, 0.15) is 30.3 Å². The van der Waals surface area contributed by atoms with E-state index in [1.165, 1.54) is 23.8 Å². The van der Waals surface area contributed by atoms with Crippen molar-refractivity contribution in [3.63, 3.8) is 0 Å². The molecule has 0 radical (unpaired) electrons. The number of aromatic nitrogens is 2. The Morgan fingerprint density at radius 1 is 1.31 bits per heavy atom. The number of unbranched alkanes of at least 4 members (excludes halogenated alkanes) is 1. The lowest BCUT2D eigenvalue weighted by Gasteiger charge is -2.12. The second-order valence-electron chi connectivity index (χ2n) is 5.16. The molecule has 0 saturated carbocycles. The van der Waals surface area contributed by atoms with Crippen LogP contribution in [-0.4, -0.2) is 29.0 Å². The molecule has 142 valence electrons. The molecule has 0 spiro atoms. The molecule has 2 rings (SSSR count). The third kappa shape index (κ3) is 5.13. The van der Waals surface area contributed by atoms with E-state index in [-0.39, 0.29) is 22.1 Å². The molecule has 0 amide bonds. The Labute approximate surface area is 156 Å². The Bertz CT molecular complexity index is 777. The Hall–Kier alpha value is -2.23. The first kappa shape index (κ1) is 20.1. The summed E-state index contributed by atoms with van der Waals surface area (Å²) in [4.78, 5) is 16.1. The van der Waals surface area contributed by atoms with Gasteiger partial charge in [-0.25, -0.2) is 4.79 Å². The first-order valence-electron chi connectivity index (χ1n) is 7.63. The van der Waals surface area contributed by atoms with Gasteiger partial charge in [-0.3, -0.25) is 4.57 Å². The molecule has 0 unspecified atom stereocenters. The number of hydrogen-bond acceptors (Lipinski definition) is 5. The van der Waals surface area contributed by atoms with Gasteiger partial charge in [-0.2, -0.15) is 4.98 Å². The largest absolute Gasteiger partial charge is 0.573 e. The molecule has 0 fully saturated rings. The molecule has 0 atom stereocenters. The summed E-state index contributed by atoms with van der Waals surface area (Å²) in [6, 6.07) is 5.09. The molecular weight excluding hydrogens is 421 g/mol. The van der Waals surface area contributed by atoms with Gasteiger partial charge in [0, 0.05) is 12.6 Å². The number of imidazole rings is 1. The van der Waals surface area contributed by atoms with E-state index in [0.29, 0.717) is 6.54 Å². The number of rotatable bonds is 7. The molecule has 2 aromatic rings. The molecular formula is C16H16BrF3N2O4. The minimum Gasteiger partial charge on any atom is -0.464 e. The first-order chi connectivity index (χ1) is 12.2. The fourth-order valence-corrected chi connectivity index (χ4v) is 2.66. The van der Waals surface area contributed by atoms with Gasteiger partial charge in [0.15, 0.2) is 5.69 Å². The van der Waals surface area contributed by atoms with Gasteiger partial charge >= 0.3 is 18.3 Å². The summed E-state index contributed by atoms with van der Waals surface area (Å²) >= 11 is 3.18. The van der Waals surface area contributed by atoms with Crippen molar-refractivity contribution in [3.8, 4) is 17.5 Å². The van der Waals surface area contributed by atoms with E-state index in [2.05, 4.69) is 25.7 Å². The predicted molar refractivity (Wildman–Crippen MR) is 89.4 cm³/mol. The summed E-state index contributed by atoms with van der Waals surface area (Å²) in [5.41, 5.74) is 0.165. The van der Waals surface area contributed by atoms with Gasteiger partial charge in [-0.1, -0.05) is 19.4 Å². The Morgan fingerprint density at radius 3 is 2.62 bits per heavy atom. The second kappa shape index (κ2) is 8.43. The molecule has 0 bridgehead atoms. The van der Waals surface area contributed by atoms with Gasteiger partial charge in [0.2, 0.25) is 0 Å². The van der Waals surface area contributed by atoms with E-state index in [4.69, 9.17) is 9.47 Å². The lowest BCUT2D eigenvalue weighted by atomic mass is 10.3. The number of benzene rings is 1. The highest BCUT2D eigenvalue weighted by Crippen LogP contribution is 2.31. The summed E-state index contributed by atoms with van der Waals surface area (Å²) in [6.45, 7) is 2.40. The summed E-state index contributed by atoms with van der Waals surface area (Å²) in [5.74, 6) is -0.947. The fourth-order valence-electron chi connectivity index (χ4n) is 2.14. The van der Waals surface area contributed by atoms with Crippen molar-refractivity contribution in [3.05, 3.63) is 34.6 Å². The van der Waals surface area contributed by atoms with E-state index >= 15 is 0 Å². The highest BCUT2D eigenvalue weighted by atomic mass is 79.9. The van der Waals surface area contributed by atoms with Crippen molar-refractivity contribution in [1.82, 2.24) is 9.55 Å². The average Bonchev–Trinajstić information content (AvgIpc) is 2.86. The lowest BCUT2D eigenvalue weighted by molar-refractivity contribution is -0.274. The maximum atomic E-state index is 12.4. The minimum atomic E-state index is -4.81. The Balaban J connectivity index is 2.34. The van der Waals surface area contributed by atoms with E-state index in [0.717, 1.165) is 25.0 Å². The molecule has 0 aliphatic rings. The zero-order valence-corrected chi connectivity index (χ0v) is 15.6. The van der Waals surface area contributed by atoms with Gasteiger partial charge in [-0.05, 0) is 34.5 Å². The molecule has 0 N–H and O–H groups in total. The SMILES string of the molecule is CCCCn1c(Oc2cccc(OC(F)(F)F)c2)nc(Br)c1C(=O)OC. The third-order valence-electron chi connectivity index (χ3n) is 3.25.